The fourth-order valence-electron chi connectivity index (χ4n) is 2.24. The molecule has 3 rings (SSSR count). The molecule has 0 saturated carbocycles. The minimum atomic E-state index is 0.705. The zero-order valence-electron chi connectivity index (χ0n) is 9.96. The molecule has 0 atom stereocenters. The molecule has 0 N–H and O–H groups in total. The minimum absolute atomic E-state index is 0.705. The van der Waals surface area contributed by atoms with Gasteiger partial charge in [0.2, 0.25) is 0 Å². The lowest BCUT2D eigenvalue weighted by Gasteiger charge is -2.07. The third-order valence-electron chi connectivity index (χ3n) is 3.14. The maximum absolute atomic E-state index is 9.43. The summed E-state index contributed by atoms with van der Waals surface area (Å²) in [6, 6.07) is 16.2. The SMILES string of the molecule is Cn1nccc1-c1ccc2ccccc2c1C#N. The van der Waals surface area contributed by atoms with Gasteiger partial charge in [-0.25, -0.2) is 0 Å². The molecule has 86 valence electrons. The molecule has 0 unspecified atom stereocenters. The van der Waals surface area contributed by atoms with Gasteiger partial charge in [-0.15, -0.1) is 0 Å². The van der Waals surface area contributed by atoms with Crippen molar-refractivity contribution in [1.29, 1.82) is 5.26 Å². The molecule has 3 aromatic rings. The molecule has 2 aromatic carbocycles. The van der Waals surface area contributed by atoms with Crippen LogP contribution in [0.4, 0.5) is 0 Å². The molecule has 3 nitrogen and oxygen atoms in total. The molecule has 1 aromatic heterocycles. The Kier molecular flexibility index (Phi) is 2.35. The molecule has 0 radical (unpaired) electrons. The van der Waals surface area contributed by atoms with E-state index < -0.39 is 0 Å². The van der Waals surface area contributed by atoms with E-state index in [0.29, 0.717) is 5.56 Å². The zero-order chi connectivity index (χ0) is 12.5. The average Bonchev–Trinajstić information content (AvgIpc) is 2.83. The molecule has 0 aliphatic rings. The van der Waals surface area contributed by atoms with Crippen molar-refractivity contribution >= 4 is 10.8 Å². The molecular formula is C15H11N3. The predicted molar refractivity (Wildman–Crippen MR) is 70.9 cm³/mol. The molecule has 0 aliphatic carbocycles. The van der Waals surface area contributed by atoms with E-state index in [0.717, 1.165) is 22.0 Å². The monoisotopic (exact) mass is 233 g/mol. The molecule has 0 amide bonds. The van der Waals surface area contributed by atoms with Crippen LogP contribution in [0.3, 0.4) is 0 Å². The molecule has 3 heteroatoms. The third kappa shape index (κ3) is 1.47. The summed E-state index contributed by atoms with van der Waals surface area (Å²) < 4.78 is 1.78. The first-order chi connectivity index (χ1) is 8.81. The molecule has 0 bridgehead atoms. The van der Waals surface area contributed by atoms with Crippen molar-refractivity contribution in [3.63, 3.8) is 0 Å². The first-order valence-electron chi connectivity index (χ1n) is 5.71. The quantitative estimate of drug-likeness (QED) is 0.648. The third-order valence-corrected chi connectivity index (χ3v) is 3.14. The van der Waals surface area contributed by atoms with Crippen LogP contribution in [0.25, 0.3) is 22.0 Å². The van der Waals surface area contributed by atoms with Crippen LogP contribution in [0.15, 0.2) is 48.7 Å². The van der Waals surface area contributed by atoms with Gasteiger partial charge in [-0.3, -0.25) is 4.68 Å². The molecule has 0 aliphatic heterocycles. The summed E-state index contributed by atoms with van der Waals surface area (Å²) in [7, 11) is 1.88. The Balaban J connectivity index is 2.38. The maximum atomic E-state index is 9.43. The summed E-state index contributed by atoms with van der Waals surface area (Å²) in [5, 5.41) is 15.7. The van der Waals surface area contributed by atoms with Crippen molar-refractivity contribution in [2.75, 3.05) is 0 Å². The van der Waals surface area contributed by atoms with Crippen LogP contribution in [-0.2, 0) is 7.05 Å². The van der Waals surface area contributed by atoms with Gasteiger partial charge in [-0.1, -0.05) is 36.4 Å². The number of hydrogen-bond acceptors (Lipinski definition) is 2. The van der Waals surface area contributed by atoms with Crippen molar-refractivity contribution in [3.05, 3.63) is 54.2 Å². The number of aromatic nitrogens is 2. The fraction of sp³-hybridized carbons (Fsp3) is 0.0667. The Labute approximate surface area is 105 Å². The summed E-state index contributed by atoms with van der Waals surface area (Å²) in [6.07, 6.45) is 1.74. The first kappa shape index (κ1) is 10.5. The lowest BCUT2D eigenvalue weighted by molar-refractivity contribution is 0.776. The topological polar surface area (TPSA) is 41.6 Å². The summed E-state index contributed by atoms with van der Waals surface area (Å²) in [6.45, 7) is 0. The van der Waals surface area contributed by atoms with E-state index in [1.807, 2.05) is 49.5 Å². The number of fused-ring (bicyclic) bond motifs is 1. The normalized spacial score (nSPS) is 10.4. The van der Waals surface area contributed by atoms with Gasteiger partial charge in [0.15, 0.2) is 0 Å². The van der Waals surface area contributed by atoms with Crippen molar-refractivity contribution in [2.24, 2.45) is 7.05 Å². The standard InChI is InChI=1S/C15H11N3/c1-18-15(8-9-17-18)13-7-6-11-4-2-3-5-12(11)14(13)10-16/h2-9H,1H3. The predicted octanol–water partition coefficient (Wildman–Crippen LogP) is 3.11. The van der Waals surface area contributed by atoms with E-state index in [2.05, 4.69) is 11.2 Å². The number of nitriles is 1. The van der Waals surface area contributed by atoms with E-state index in [1.54, 1.807) is 10.9 Å². The van der Waals surface area contributed by atoms with Crippen LogP contribution < -0.4 is 0 Å². The van der Waals surface area contributed by atoms with Gasteiger partial charge >= 0.3 is 0 Å². The lowest BCUT2D eigenvalue weighted by atomic mass is 9.98. The van der Waals surface area contributed by atoms with Gasteiger partial charge < -0.3 is 0 Å². The van der Waals surface area contributed by atoms with Crippen LogP contribution in [-0.4, -0.2) is 9.78 Å². The Hall–Kier alpha value is -2.60. The second kappa shape index (κ2) is 4.01. The Bertz CT molecular complexity index is 763. The molecule has 0 spiro atoms. The van der Waals surface area contributed by atoms with E-state index in [4.69, 9.17) is 0 Å². The summed E-state index contributed by atoms with van der Waals surface area (Å²) in [5.41, 5.74) is 2.59. The number of nitrogens with zero attached hydrogens (tertiary/aromatic N) is 3. The summed E-state index contributed by atoms with van der Waals surface area (Å²) in [4.78, 5) is 0. The highest BCUT2D eigenvalue weighted by Crippen LogP contribution is 2.29. The Morgan fingerprint density at radius 1 is 1.11 bits per heavy atom. The van der Waals surface area contributed by atoms with Crippen molar-refractivity contribution in [1.82, 2.24) is 9.78 Å². The van der Waals surface area contributed by atoms with Crippen LogP contribution in [0.5, 0.6) is 0 Å². The van der Waals surface area contributed by atoms with E-state index in [-0.39, 0.29) is 0 Å². The number of aryl methyl sites for hydroxylation is 1. The maximum Gasteiger partial charge on any atom is 0.100 e. The van der Waals surface area contributed by atoms with Gasteiger partial charge in [0.1, 0.15) is 6.07 Å². The molecule has 0 fully saturated rings. The Morgan fingerprint density at radius 3 is 2.67 bits per heavy atom. The molecule has 0 saturated heterocycles. The minimum Gasteiger partial charge on any atom is -0.268 e. The molecule has 18 heavy (non-hydrogen) atoms. The van der Waals surface area contributed by atoms with E-state index in [1.165, 1.54) is 0 Å². The first-order valence-corrected chi connectivity index (χ1v) is 5.71. The summed E-state index contributed by atoms with van der Waals surface area (Å²) in [5.74, 6) is 0. The zero-order valence-corrected chi connectivity index (χ0v) is 9.96. The van der Waals surface area contributed by atoms with Crippen LogP contribution >= 0.6 is 0 Å². The van der Waals surface area contributed by atoms with Gasteiger partial charge in [-0.05, 0) is 11.5 Å². The van der Waals surface area contributed by atoms with Crippen molar-refractivity contribution in [2.45, 2.75) is 0 Å². The highest BCUT2D eigenvalue weighted by Gasteiger charge is 2.11. The fourth-order valence-corrected chi connectivity index (χ4v) is 2.24. The van der Waals surface area contributed by atoms with Gasteiger partial charge in [0.05, 0.1) is 11.3 Å². The highest BCUT2D eigenvalue weighted by atomic mass is 15.3. The lowest BCUT2D eigenvalue weighted by Crippen LogP contribution is -1.95. The second-order valence-electron chi connectivity index (χ2n) is 4.16. The largest absolute Gasteiger partial charge is 0.268 e. The summed E-state index contributed by atoms with van der Waals surface area (Å²) >= 11 is 0. The van der Waals surface area contributed by atoms with E-state index >= 15 is 0 Å². The average molecular weight is 233 g/mol. The molecule has 1 heterocycles. The Morgan fingerprint density at radius 2 is 1.94 bits per heavy atom. The molecular weight excluding hydrogens is 222 g/mol. The van der Waals surface area contributed by atoms with Crippen molar-refractivity contribution in [3.8, 4) is 17.3 Å². The number of hydrogen-bond donors (Lipinski definition) is 0. The van der Waals surface area contributed by atoms with Crippen LogP contribution in [0, 0.1) is 11.3 Å². The van der Waals surface area contributed by atoms with Gasteiger partial charge in [0, 0.05) is 24.2 Å². The van der Waals surface area contributed by atoms with Crippen molar-refractivity contribution < 1.29 is 0 Å². The number of rotatable bonds is 1. The number of benzene rings is 2. The van der Waals surface area contributed by atoms with Crippen LogP contribution in [0.1, 0.15) is 5.56 Å². The van der Waals surface area contributed by atoms with E-state index in [9.17, 15) is 5.26 Å². The smallest absolute Gasteiger partial charge is 0.100 e. The van der Waals surface area contributed by atoms with Crippen LogP contribution in [0.2, 0.25) is 0 Å². The van der Waals surface area contributed by atoms with Gasteiger partial charge in [-0.2, -0.15) is 10.4 Å². The highest BCUT2D eigenvalue weighted by molar-refractivity contribution is 5.93. The van der Waals surface area contributed by atoms with Gasteiger partial charge in [0.25, 0.3) is 0 Å². The second-order valence-corrected chi connectivity index (χ2v) is 4.16.